The van der Waals surface area contributed by atoms with Crippen LogP contribution in [0.1, 0.15) is 13.3 Å². The summed E-state index contributed by atoms with van der Waals surface area (Å²) in [6, 6.07) is 5.99. The van der Waals surface area contributed by atoms with E-state index in [2.05, 4.69) is 25.2 Å². The topological polar surface area (TPSA) is 80.0 Å². The second-order valence-electron chi connectivity index (χ2n) is 6.07. The minimum Gasteiger partial charge on any atom is -0.351 e. The van der Waals surface area contributed by atoms with Gasteiger partial charge in [-0.25, -0.2) is 14.4 Å². The van der Waals surface area contributed by atoms with Crippen molar-refractivity contribution in [1.29, 1.82) is 0 Å². The van der Waals surface area contributed by atoms with E-state index in [1.54, 1.807) is 16.8 Å². The number of hydrogen-bond donors (Lipinski definition) is 0. The van der Waals surface area contributed by atoms with Gasteiger partial charge in [0.15, 0.2) is 17.0 Å². The Morgan fingerprint density at radius 2 is 1.85 bits per heavy atom. The van der Waals surface area contributed by atoms with E-state index in [0.717, 1.165) is 0 Å². The van der Waals surface area contributed by atoms with Gasteiger partial charge in [0.25, 0.3) is 0 Å². The fourth-order valence-electron chi connectivity index (χ4n) is 3.12. The SMILES string of the molecule is CCC(=O)N1CCN(c2ncnc3c2nnn3-c2ccc(F)cc2)CC1. The molecule has 0 radical (unpaired) electrons. The molecule has 0 unspecified atom stereocenters. The summed E-state index contributed by atoms with van der Waals surface area (Å²) in [5, 5.41) is 8.39. The summed E-state index contributed by atoms with van der Waals surface area (Å²) in [4.78, 5) is 24.5. The lowest BCUT2D eigenvalue weighted by Gasteiger charge is -2.35. The van der Waals surface area contributed by atoms with E-state index in [4.69, 9.17) is 0 Å². The summed E-state index contributed by atoms with van der Waals surface area (Å²) in [5.74, 6) is 0.555. The van der Waals surface area contributed by atoms with Crippen LogP contribution in [0.15, 0.2) is 30.6 Å². The third-order valence-corrected chi connectivity index (χ3v) is 4.52. The number of halogens is 1. The minimum atomic E-state index is -0.312. The maximum absolute atomic E-state index is 13.2. The summed E-state index contributed by atoms with van der Waals surface area (Å²) in [6.45, 7) is 4.55. The lowest BCUT2D eigenvalue weighted by Crippen LogP contribution is -2.49. The molecule has 0 atom stereocenters. The highest BCUT2D eigenvalue weighted by Gasteiger charge is 2.24. The largest absolute Gasteiger partial charge is 0.351 e. The molecule has 2 aromatic heterocycles. The van der Waals surface area contributed by atoms with E-state index in [1.165, 1.54) is 18.5 Å². The van der Waals surface area contributed by atoms with E-state index in [9.17, 15) is 9.18 Å². The van der Waals surface area contributed by atoms with Crippen LogP contribution in [0.4, 0.5) is 10.2 Å². The molecule has 9 heteroatoms. The summed E-state index contributed by atoms with van der Waals surface area (Å²) < 4.78 is 14.7. The smallest absolute Gasteiger partial charge is 0.222 e. The second-order valence-corrected chi connectivity index (χ2v) is 6.07. The summed E-state index contributed by atoms with van der Waals surface area (Å²) in [7, 11) is 0. The van der Waals surface area contributed by atoms with Crippen LogP contribution >= 0.6 is 0 Å². The number of aromatic nitrogens is 5. The number of rotatable bonds is 3. The second kappa shape index (κ2) is 6.66. The van der Waals surface area contributed by atoms with E-state index in [1.807, 2.05) is 11.8 Å². The highest BCUT2D eigenvalue weighted by Crippen LogP contribution is 2.23. The van der Waals surface area contributed by atoms with Crippen LogP contribution in [0.5, 0.6) is 0 Å². The molecule has 0 N–H and O–H groups in total. The van der Waals surface area contributed by atoms with Gasteiger partial charge >= 0.3 is 0 Å². The molecule has 1 aromatic carbocycles. The lowest BCUT2D eigenvalue weighted by molar-refractivity contribution is -0.131. The third kappa shape index (κ3) is 2.85. The minimum absolute atomic E-state index is 0.166. The van der Waals surface area contributed by atoms with E-state index < -0.39 is 0 Å². The molecule has 1 aliphatic rings. The van der Waals surface area contributed by atoms with Crippen molar-refractivity contribution in [2.75, 3.05) is 31.1 Å². The van der Waals surface area contributed by atoms with Crippen LogP contribution < -0.4 is 4.90 Å². The van der Waals surface area contributed by atoms with Gasteiger partial charge in [0, 0.05) is 32.6 Å². The number of anilines is 1. The van der Waals surface area contributed by atoms with Crippen LogP contribution in [0.3, 0.4) is 0 Å². The Labute approximate surface area is 149 Å². The van der Waals surface area contributed by atoms with Gasteiger partial charge in [0.2, 0.25) is 5.91 Å². The number of hydrogen-bond acceptors (Lipinski definition) is 6. The fourth-order valence-corrected chi connectivity index (χ4v) is 3.12. The monoisotopic (exact) mass is 355 g/mol. The summed E-state index contributed by atoms with van der Waals surface area (Å²) >= 11 is 0. The van der Waals surface area contributed by atoms with Crippen LogP contribution in [-0.4, -0.2) is 61.9 Å². The summed E-state index contributed by atoms with van der Waals surface area (Å²) in [6.07, 6.45) is 1.99. The molecule has 134 valence electrons. The number of fused-ring (bicyclic) bond motifs is 1. The Hall–Kier alpha value is -3.10. The first-order valence-corrected chi connectivity index (χ1v) is 8.52. The van der Waals surface area contributed by atoms with E-state index >= 15 is 0 Å². The molecule has 1 aliphatic heterocycles. The van der Waals surface area contributed by atoms with E-state index in [0.29, 0.717) is 55.3 Å². The van der Waals surface area contributed by atoms with Gasteiger partial charge < -0.3 is 9.80 Å². The van der Waals surface area contributed by atoms with Crippen molar-refractivity contribution in [2.45, 2.75) is 13.3 Å². The number of carbonyl (C=O) groups excluding carboxylic acids is 1. The molecule has 1 fully saturated rings. The molecule has 3 aromatic rings. The number of benzene rings is 1. The molecule has 0 aliphatic carbocycles. The van der Waals surface area contributed by atoms with Gasteiger partial charge in [-0.3, -0.25) is 4.79 Å². The molecule has 0 bridgehead atoms. The zero-order valence-electron chi connectivity index (χ0n) is 14.3. The standard InChI is InChI=1S/C17H18FN7O/c1-2-14(26)23-7-9-24(10-8-23)16-15-17(20-11-19-16)25(22-21-15)13-5-3-12(18)4-6-13/h3-6,11H,2,7-10H2,1H3. The molecule has 0 spiro atoms. The number of nitrogens with zero attached hydrogens (tertiary/aromatic N) is 7. The molecule has 3 heterocycles. The maximum atomic E-state index is 13.2. The van der Waals surface area contributed by atoms with Crippen LogP contribution in [0.2, 0.25) is 0 Å². The van der Waals surface area contributed by atoms with Crippen molar-refractivity contribution >= 4 is 22.9 Å². The van der Waals surface area contributed by atoms with Crippen LogP contribution in [0.25, 0.3) is 16.9 Å². The van der Waals surface area contributed by atoms with Gasteiger partial charge in [-0.2, -0.15) is 4.68 Å². The highest BCUT2D eigenvalue weighted by molar-refractivity contribution is 5.84. The normalized spacial score (nSPS) is 14.8. The fraction of sp³-hybridized carbons (Fsp3) is 0.353. The van der Waals surface area contributed by atoms with Crippen LogP contribution in [-0.2, 0) is 4.79 Å². The first kappa shape index (κ1) is 16.4. The number of piperazine rings is 1. The Bertz CT molecular complexity index is 932. The molecule has 26 heavy (non-hydrogen) atoms. The average Bonchev–Trinajstić information content (AvgIpc) is 3.12. The van der Waals surface area contributed by atoms with Gasteiger partial charge in [-0.05, 0) is 24.3 Å². The quantitative estimate of drug-likeness (QED) is 0.707. The molecule has 1 amide bonds. The zero-order valence-corrected chi connectivity index (χ0v) is 14.3. The molecular formula is C17H18FN7O. The van der Waals surface area contributed by atoms with Crippen molar-refractivity contribution in [3.63, 3.8) is 0 Å². The van der Waals surface area contributed by atoms with Crippen molar-refractivity contribution in [2.24, 2.45) is 0 Å². The van der Waals surface area contributed by atoms with Crippen molar-refractivity contribution in [1.82, 2.24) is 29.9 Å². The van der Waals surface area contributed by atoms with Crippen LogP contribution in [0, 0.1) is 5.82 Å². The Morgan fingerprint density at radius 1 is 1.12 bits per heavy atom. The molecular weight excluding hydrogens is 337 g/mol. The number of amides is 1. The third-order valence-electron chi connectivity index (χ3n) is 4.52. The number of carbonyl (C=O) groups is 1. The maximum Gasteiger partial charge on any atom is 0.222 e. The van der Waals surface area contributed by atoms with Gasteiger partial charge in [0.05, 0.1) is 5.69 Å². The van der Waals surface area contributed by atoms with Crippen molar-refractivity contribution in [3.05, 3.63) is 36.4 Å². The van der Waals surface area contributed by atoms with E-state index in [-0.39, 0.29) is 11.7 Å². The van der Waals surface area contributed by atoms with Crippen molar-refractivity contribution in [3.8, 4) is 5.69 Å². The molecule has 0 saturated carbocycles. The molecule has 1 saturated heterocycles. The zero-order chi connectivity index (χ0) is 18.1. The Morgan fingerprint density at radius 3 is 2.54 bits per heavy atom. The summed E-state index contributed by atoms with van der Waals surface area (Å²) in [5.41, 5.74) is 1.83. The molecule has 8 nitrogen and oxygen atoms in total. The first-order valence-electron chi connectivity index (χ1n) is 8.52. The first-order chi connectivity index (χ1) is 12.7. The average molecular weight is 355 g/mol. The van der Waals surface area contributed by atoms with Gasteiger partial charge in [-0.1, -0.05) is 12.1 Å². The molecule has 4 rings (SSSR count). The van der Waals surface area contributed by atoms with Crippen molar-refractivity contribution < 1.29 is 9.18 Å². The van der Waals surface area contributed by atoms with Gasteiger partial charge in [0.1, 0.15) is 12.1 Å². The predicted molar refractivity (Wildman–Crippen MR) is 93.5 cm³/mol. The van der Waals surface area contributed by atoms with Gasteiger partial charge in [-0.15, -0.1) is 5.10 Å². The Balaban J connectivity index is 1.64. The lowest BCUT2D eigenvalue weighted by atomic mass is 10.2. The Kier molecular flexibility index (Phi) is 4.19. The predicted octanol–water partition coefficient (Wildman–Crippen LogP) is 1.41. The highest BCUT2D eigenvalue weighted by atomic mass is 19.1.